The second kappa shape index (κ2) is 7.69. The lowest BCUT2D eigenvalue weighted by atomic mass is 10.1. The molecule has 1 unspecified atom stereocenters. The van der Waals surface area contributed by atoms with Gasteiger partial charge in [0.1, 0.15) is 17.6 Å². The molecule has 1 saturated heterocycles. The van der Waals surface area contributed by atoms with Crippen LogP contribution < -0.4 is 0 Å². The first-order valence-electron chi connectivity index (χ1n) is 9.61. The fourth-order valence-corrected chi connectivity index (χ4v) is 3.71. The van der Waals surface area contributed by atoms with Crippen molar-refractivity contribution in [2.24, 2.45) is 0 Å². The Kier molecular flexibility index (Phi) is 4.75. The number of halogens is 1. The summed E-state index contributed by atoms with van der Waals surface area (Å²) in [6.07, 6.45) is 3.54. The lowest BCUT2D eigenvalue weighted by Gasteiger charge is -2.31. The molecule has 1 fully saturated rings. The minimum absolute atomic E-state index is 0.148. The molecule has 0 aliphatic carbocycles. The lowest BCUT2D eigenvalue weighted by molar-refractivity contribution is -0.0346. The first-order chi connectivity index (χ1) is 14.3. The van der Waals surface area contributed by atoms with Gasteiger partial charge < -0.3 is 4.74 Å². The summed E-state index contributed by atoms with van der Waals surface area (Å²) in [7, 11) is 0. The maximum absolute atomic E-state index is 13.5. The third-order valence-corrected chi connectivity index (χ3v) is 5.17. The first kappa shape index (κ1) is 17.9. The number of rotatable bonds is 4. The zero-order valence-electron chi connectivity index (χ0n) is 15.8. The number of hydrogen-bond acceptors (Lipinski definition) is 5. The Morgan fingerprint density at radius 1 is 1.07 bits per heavy atom. The Morgan fingerprint density at radius 3 is 2.90 bits per heavy atom. The van der Waals surface area contributed by atoms with E-state index in [0.29, 0.717) is 6.61 Å². The second-order valence-electron chi connectivity index (χ2n) is 7.15. The van der Waals surface area contributed by atoms with Crippen LogP contribution in [0, 0.1) is 5.82 Å². The molecular formula is C22H20FN5O. The molecule has 0 spiro atoms. The van der Waals surface area contributed by atoms with Gasteiger partial charge in [-0.25, -0.2) is 8.91 Å². The van der Waals surface area contributed by atoms with Crippen molar-refractivity contribution in [3.05, 3.63) is 84.2 Å². The van der Waals surface area contributed by atoms with E-state index in [1.807, 2.05) is 48.8 Å². The summed E-state index contributed by atoms with van der Waals surface area (Å²) in [5.74, 6) is -0.259. The summed E-state index contributed by atoms with van der Waals surface area (Å²) < 4.78 is 21.3. The topological polar surface area (TPSA) is 55.5 Å². The van der Waals surface area contributed by atoms with Crippen LogP contribution in [0.5, 0.6) is 0 Å². The van der Waals surface area contributed by atoms with Gasteiger partial charge in [-0.15, -0.1) is 5.10 Å². The zero-order chi connectivity index (χ0) is 19.6. The molecule has 146 valence electrons. The Balaban J connectivity index is 1.38. The molecule has 1 aromatic carbocycles. The third kappa shape index (κ3) is 3.74. The summed E-state index contributed by atoms with van der Waals surface area (Å²) in [5.41, 5.74) is 4.45. The van der Waals surface area contributed by atoms with Gasteiger partial charge in [-0.05, 0) is 35.9 Å². The molecule has 1 atom stereocenters. The fraction of sp³-hybridized carbons (Fsp3) is 0.227. The van der Waals surface area contributed by atoms with Crippen LogP contribution in [0.4, 0.5) is 4.39 Å². The van der Waals surface area contributed by atoms with Crippen molar-refractivity contribution in [3.8, 4) is 11.1 Å². The highest BCUT2D eigenvalue weighted by molar-refractivity contribution is 5.66. The Bertz CT molecular complexity index is 1130. The Hall–Kier alpha value is -3.16. The van der Waals surface area contributed by atoms with Gasteiger partial charge in [0, 0.05) is 37.6 Å². The molecule has 0 N–H and O–H groups in total. The molecule has 29 heavy (non-hydrogen) atoms. The number of benzene rings is 1. The third-order valence-electron chi connectivity index (χ3n) is 5.17. The number of pyridine rings is 2. The van der Waals surface area contributed by atoms with E-state index in [0.717, 1.165) is 47.7 Å². The minimum Gasteiger partial charge on any atom is -0.369 e. The summed E-state index contributed by atoms with van der Waals surface area (Å²) in [6, 6.07) is 16.4. The van der Waals surface area contributed by atoms with Crippen molar-refractivity contribution >= 4 is 5.52 Å². The van der Waals surface area contributed by atoms with E-state index in [9.17, 15) is 4.39 Å². The smallest absolute Gasteiger partial charge is 0.123 e. The highest BCUT2D eigenvalue weighted by atomic mass is 19.1. The van der Waals surface area contributed by atoms with Crippen LogP contribution >= 0.6 is 0 Å². The van der Waals surface area contributed by atoms with Crippen molar-refractivity contribution in [1.29, 1.82) is 0 Å². The van der Waals surface area contributed by atoms with Crippen molar-refractivity contribution < 1.29 is 9.13 Å². The molecule has 0 bridgehead atoms. The second-order valence-corrected chi connectivity index (χ2v) is 7.15. The lowest BCUT2D eigenvalue weighted by Crippen LogP contribution is -2.38. The van der Waals surface area contributed by atoms with Crippen molar-refractivity contribution in [3.63, 3.8) is 0 Å². The normalized spacial score (nSPS) is 17.6. The fourth-order valence-electron chi connectivity index (χ4n) is 3.71. The predicted molar refractivity (Wildman–Crippen MR) is 107 cm³/mol. The van der Waals surface area contributed by atoms with Gasteiger partial charge >= 0.3 is 0 Å². The predicted octanol–water partition coefficient (Wildman–Crippen LogP) is 3.50. The molecule has 5 rings (SSSR count). The molecule has 0 saturated carbocycles. The molecular weight excluding hydrogens is 369 g/mol. The first-order valence-corrected chi connectivity index (χ1v) is 9.61. The maximum atomic E-state index is 13.5. The molecule has 6 nitrogen and oxygen atoms in total. The van der Waals surface area contributed by atoms with Crippen molar-refractivity contribution in [2.45, 2.75) is 12.6 Å². The maximum Gasteiger partial charge on any atom is 0.123 e. The summed E-state index contributed by atoms with van der Waals surface area (Å²) >= 11 is 0. The zero-order valence-corrected chi connectivity index (χ0v) is 15.8. The van der Waals surface area contributed by atoms with Gasteiger partial charge in [-0.1, -0.05) is 29.5 Å². The highest BCUT2D eigenvalue weighted by Gasteiger charge is 2.26. The minimum atomic E-state index is -0.259. The van der Waals surface area contributed by atoms with Crippen LogP contribution in [0.3, 0.4) is 0 Å². The van der Waals surface area contributed by atoms with E-state index in [2.05, 4.69) is 20.2 Å². The van der Waals surface area contributed by atoms with Gasteiger partial charge in [0.2, 0.25) is 0 Å². The number of hydrogen-bond donors (Lipinski definition) is 0. The van der Waals surface area contributed by atoms with Gasteiger partial charge in [0.15, 0.2) is 0 Å². The van der Waals surface area contributed by atoms with Crippen molar-refractivity contribution in [1.82, 2.24) is 24.7 Å². The van der Waals surface area contributed by atoms with E-state index in [4.69, 9.17) is 4.74 Å². The van der Waals surface area contributed by atoms with Crippen LogP contribution in [0.1, 0.15) is 17.5 Å². The standard InChI is InChI=1S/C22H20FN5O/c23-18-5-3-4-16(12-18)17-7-8-20-22(25-26-28(20)13-17)21-15-27(10-11-29-21)14-19-6-1-2-9-24-19/h1-9,12-13,21H,10-11,14-15H2. The van der Waals surface area contributed by atoms with E-state index in [1.165, 1.54) is 12.1 Å². The Labute approximate surface area is 167 Å². The number of aromatic nitrogens is 4. The van der Waals surface area contributed by atoms with Crippen LogP contribution in [-0.4, -0.2) is 44.4 Å². The molecule has 0 radical (unpaired) electrons. The number of morpholine rings is 1. The summed E-state index contributed by atoms with van der Waals surface area (Å²) in [5, 5.41) is 8.66. The van der Waals surface area contributed by atoms with E-state index >= 15 is 0 Å². The van der Waals surface area contributed by atoms with Crippen LogP contribution in [-0.2, 0) is 11.3 Å². The van der Waals surface area contributed by atoms with Crippen molar-refractivity contribution in [2.75, 3.05) is 19.7 Å². The monoisotopic (exact) mass is 389 g/mol. The summed E-state index contributed by atoms with van der Waals surface area (Å²) in [6.45, 7) is 3.01. The Morgan fingerprint density at radius 2 is 2.03 bits per heavy atom. The molecule has 4 heterocycles. The number of fused-ring (bicyclic) bond motifs is 1. The van der Waals surface area contributed by atoms with Crippen LogP contribution in [0.15, 0.2) is 67.0 Å². The van der Waals surface area contributed by atoms with Gasteiger partial charge in [-0.2, -0.15) is 0 Å². The average Bonchev–Trinajstić information content (AvgIpc) is 3.18. The van der Waals surface area contributed by atoms with E-state index in [-0.39, 0.29) is 11.9 Å². The molecule has 1 aliphatic heterocycles. The number of nitrogens with zero attached hydrogens (tertiary/aromatic N) is 5. The highest BCUT2D eigenvalue weighted by Crippen LogP contribution is 2.27. The quantitative estimate of drug-likeness (QED) is 0.535. The van der Waals surface area contributed by atoms with Gasteiger partial charge in [0.25, 0.3) is 0 Å². The molecule has 0 amide bonds. The van der Waals surface area contributed by atoms with Crippen LogP contribution in [0.25, 0.3) is 16.6 Å². The SMILES string of the molecule is Fc1cccc(-c2ccc3c(C4CN(Cc5ccccn5)CCO4)nnn3c2)c1. The largest absolute Gasteiger partial charge is 0.369 e. The van der Waals surface area contributed by atoms with Gasteiger partial charge in [0.05, 0.1) is 17.8 Å². The molecule has 4 aromatic rings. The summed E-state index contributed by atoms with van der Waals surface area (Å²) in [4.78, 5) is 6.74. The average molecular weight is 389 g/mol. The van der Waals surface area contributed by atoms with Gasteiger partial charge in [-0.3, -0.25) is 9.88 Å². The number of ether oxygens (including phenoxy) is 1. The van der Waals surface area contributed by atoms with E-state index < -0.39 is 0 Å². The molecule has 1 aliphatic rings. The van der Waals surface area contributed by atoms with Crippen LogP contribution in [0.2, 0.25) is 0 Å². The molecule has 7 heteroatoms. The molecule has 3 aromatic heterocycles. The van der Waals surface area contributed by atoms with E-state index in [1.54, 1.807) is 10.6 Å².